The van der Waals surface area contributed by atoms with E-state index in [1.807, 2.05) is 0 Å². The molecule has 0 saturated carbocycles. The molecule has 0 aliphatic heterocycles. The zero-order chi connectivity index (χ0) is 13.8. The molecule has 6 heteroatoms. The second-order valence-electron chi connectivity index (χ2n) is 3.88. The number of hydrogen-bond acceptors (Lipinski definition) is 4. The van der Waals surface area contributed by atoms with Crippen LogP contribution in [0.15, 0.2) is 41.4 Å². The van der Waals surface area contributed by atoms with Gasteiger partial charge in [-0.2, -0.15) is 0 Å². The molecule has 0 fully saturated rings. The van der Waals surface area contributed by atoms with E-state index in [4.69, 9.17) is 10.5 Å². The number of methoxy groups -OCH3 is 1. The Morgan fingerprint density at radius 2 is 2.21 bits per heavy atom. The minimum absolute atomic E-state index is 0.194. The number of hydrogen-bond donors (Lipinski definition) is 1. The molecule has 0 radical (unpaired) electrons. The molecule has 19 heavy (non-hydrogen) atoms. The molecule has 0 amide bonds. The summed E-state index contributed by atoms with van der Waals surface area (Å²) in [6.07, 6.45) is 1.59. The van der Waals surface area contributed by atoms with Gasteiger partial charge in [0.2, 0.25) is 5.88 Å². The number of nitrogens with zero attached hydrogens (tertiary/aromatic N) is 1. The summed E-state index contributed by atoms with van der Waals surface area (Å²) in [6, 6.07) is 7.41. The Morgan fingerprint density at radius 3 is 2.89 bits per heavy atom. The fourth-order valence-corrected chi connectivity index (χ4v) is 2.84. The molecular weight excluding hydrogens is 267 g/mol. The lowest BCUT2D eigenvalue weighted by molar-refractivity contribution is 0.394. The van der Waals surface area contributed by atoms with Crippen LogP contribution >= 0.6 is 0 Å². The molecule has 1 unspecified atom stereocenters. The van der Waals surface area contributed by atoms with Gasteiger partial charge >= 0.3 is 0 Å². The number of aromatic nitrogens is 1. The van der Waals surface area contributed by atoms with Gasteiger partial charge in [-0.15, -0.1) is 0 Å². The quantitative estimate of drug-likeness (QED) is 0.871. The van der Waals surface area contributed by atoms with Crippen molar-refractivity contribution < 1.29 is 13.3 Å². The van der Waals surface area contributed by atoms with Crippen LogP contribution in [0.2, 0.25) is 0 Å². The third kappa shape index (κ3) is 3.29. The molecule has 1 heterocycles. The first kappa shape index (κ1) is 13.5. The zero-order valence-corrected chi connectivity index (χ0v) is 11.1. The topological polar surface area (TPSA) is 65.2 Å². The molecule has 0 saturated heterocycles. The van der Waals surface area contributed by atoms with Crippen molar-refractivity contribution in [3.05, 3.63) is 47.9 Å². The van der Waals surface area contributed by atoms with Gasteiger partial charge in [-0.25, -0.2) is 9.37 Å². The number of rotatable bonds is 4. The molecule has 0 spiro atoms. The van der Waals surface area contributed by atoms with Crippen molar-refractivity contribution in [2.24, 2.45) is 0 Å². The Labute approximate surface area is 112 Å². The Hall–Kier alpha value is -1.95. The van der Waals surface area contributed by atoms with Gasteiger partial charge in [0.05, 0.1) is 23.7 Å². The van der Waals surface area contributed by atoms with Crippen LogP contribution in [0.1, 0.15) is 5.56 Å². The molecule has 2 N–H and O–H groups in total. The average molecular weight is 280 g/mol. The summed E-state index contributed by atoms with van der Waals surface area (Å²) < 4.78 is 30.5. The van der Waals surface area contributed by atoms with Gasteiger partial charge in [0, 0.05) is 22.3 Å². The van der Waals surface area contributed by atoms with Gasteiger partial charge in [-0.05, 0) is 24.3 Å². The zero-order valence-electron chi connectivity index (χ0n) is 10.3. The fraction of sp³-hybridized carbons (Fsp3) is 0.154. The molecule has 1 aromatic carbocycles. The second-order valence-corrected chi connectivity index (χ2v) is 5.33. The highest BCUT2D eigenvalue weighted by Gasteiger charge is 2.11. The van der Waals surface area contributed by atoms with E-state index in [1.54, 1.807) is 18.3 Å². The van der Waals surface area contributed by atoms with E-state index in [2.05, 4.69) is 4.98 Å². The standard InChI is InChI=1S/C13H13FN2O2S/c1-18-13-9(3-2-4-16-13)8-19(17)12-6-10(14)5-11(15)7-12/h2-7H,8,15H2,1H3. The highest BCUT2D eigenvalue weighted by Crippen LogP contribution is 2.21. The molecule has 1 aromatic heterocycles. The third-order valence-electron chi connectivity index (χ3n) is 2.49. The average Bonchev–Trinajstić information content (AvgIpc) is 2.38. The predicted octanol–water partition coefficient (Wildman–Crippen LogP) is 2.12. The lowest BCUT2D eigenvalue weighted by Crippen LogP contribution is -2.01. The molecule has 0 aliphatic carbocycles. The first-order valence-electron chi connectivity index (χ1n) is 5.52. The number of pyridine rings is 1. The molecular formula is C13H13FN2O2S. The minimum Gasteiger partial charge on any atom is -0.481 e. The van der Waals surface area contributed by atoms with Gasteiger partial charge in [-0.3, -0.25) is 4.21 Å². The Balaban J connectivity index is 2.25. The van der Waals surface area contributed by atoms with E-state index in [1.165, 1.54) is 25.3 Å². The normalized spacial score (nSPS) is 12.1. The predicted molar refractivity (Wildman–Crippen MR) is 71.7 cm³/mol. The Kier molecular flexibility index (Phi) is 4.11. The SMILES string of the molecule is COc1ncccc1CS(=O)c1cc(N)cc(F)c1. The number of benzene rings is 1. The van der Waals surface area contributed by atoms with E-state index >= 15 is 0 Å². The van der Waals surface area contributed by atoms with Gasteiger partial charge in [0.15, 0.2) is 0 Å². The molecule has 0 aliphatic rings. The van der Waals surface area contributed by atoms with Crippen LogP contribution in [0, 0.1) is 5.82 Å². The second kappa shape index (κ2) is 5.79. The van der Waals surface area contributed by atoms with Gasteiger partial charge < -0.3 is 10.5 Å². The maximum Gasteiger partial charge on any atom is 0.217 e. The van der Waals surface area contributed by atoms with Crippen LogP contribution in [-0.2, 0) is 16.6 Å². The maximum absolute atomic E-state index is 13.2. The smallest absolute Gasteiger partial charge is 0.217 e. The first-order valence-corrected chi connectivity index (χ1v) is 6.84. The highest BCUT2D eigenvalue weighted by atomic mass is 32.2. The van der Waals surface area contributed by atoms with Gasteiger partial charge in [-0.1, -0.05) is 6.07 Å². The lowest BCUT2D eigenvalue weighted by Gasteiger charge is -2.07. The van der Waals surface area contributed by atoms with E-state index in [0.717, 1.165) is 0 Å². The number of halogens is 1. The number of ether oxygens (including phenoxy) is 1. The summed E-state index contributed by atoms with van der Waals surface area (Å²) >= 11 is 0. The van der Waals surface area contributed by atoms with Crippen molar-refractivity contribution in [3.63, 3.8) is 0 Å². The summed E-state index contributed by atoms with van der Waals surface area (Å²) in [4.78, 5) is 4.37. The summed E-state index contributed by atoms with van der Waals surface area (Å²) in [5, 5.41) is 0. The Bertz CT molecular complexity index is 599. The van der Waals surface area contributed by atoms with Crippen molar-refractivity contribution in [2.75, 3.05) is 12.8 Å². The first-order chi connectivity index (χ1) is 9.10. The molecule has 2 rings (SSSR count). The lowest BCUT2D eigenvalue weighted by atomic mass is 10.3. The van der Waals surface area contributed by atoms with Gasteiger partial charge in [0.1, 0.15) is 5.82 Å². The van der Waals surface area contributed by atoms with Crippen molar-refractivity contribution >= 4 is 16.5 Å². The van der Waals surface area contributed by atoms with Crippen LogP contribution in [0.4, 0.5) is 10.1 Å². The number of nitrogen functional groups attached to an aromatic ring is 1. The van der Waals surface area contributed by atoms with Crippen molar-refractivity contribution in [3.8, 4) is 5.88 Å². The molecule has 4 nitrogen and oxygen atoms in total. The fourth-order valence-electron chi connectivity index (χ4n) is 1.66. The van der Waals surface area contributed by atoms with Crippen molar-refractivity contribution in [2.45, 2.75) is 10.6 Å². The van der Waals surface area contributed by atoms with Crippen molar-refractivity contribution in [1.29, 1.82) is 0 Å². The monoisotopic (exact) mass is 280 g/mol. The third-order valence-corrected chi connectivity index (χ3v) is 3.82. The van der Waals surface area contributed by atoms with Crippen LogP contribution in [0.3, 0.4) is 0 Å². The molecule has 2 aromatic rings. The molecule has 1 atom stereocenters. The minimum atomic E-state index is -1.41. The van der Waals surface area contributed by atoms with Crippen LogP contribution in [-0.4, -0.2) is 16.3 Å². The van der Waals surface area contributed by atoms with E-state index in [9.17, 15) is 8.60 Å². The summed E-state index contributed by atoms with van der Waals surface area (Å²) in [6.45, 7) is 0. The number of anilines is 1. The Morgan fingerprint density at radius 1 is 1.42 bits per heavy atom. The summed E-state index contributed by atoms with van der Waals surface area (Å²) in [7, 11) is 0.0881. The van der Waals surface area contributed by atoms with E-state index in [0.29, 0.717) is 16.3 Å². The maximum atomic E-state index is 13.2. The summed E-state index contributed by atoms with van der Waals surface area (Å²) in [5.41, 5.74) is 6.49. The van der Waals surface area contributed by atoms with Crippen LogP contribution in [0.5, 0.6) is 5.88 Å². The molecule has 100 valence electrons. The largest absolute Gasteiger partial charge is 0.481 e. The van der Waals surface area contributed by atoms with Crippen molar-refractivity contribution in [1.82, 2.24) is 4.98 Å². The highest BCUT2D eigenvalue weighted by molar-refractivity contribution is 7.84. The van der Waals surface area contributed by atoms with Gasteiger partial charge in [0.25, 0.3) is 0 Å². The summed E-state index contributed by atoms with van der Waals surface area (Å²) in [5.74, 6) is 0.113. The van der Waals surface area contributed by atoms with E-state index < -0.39 is 16.6 Å². The van der Waals surface area contributed by atoms with Crippen LogP contribution < -0.4 is 10.5 Å². The molecule has 0 bridgehead atoms. The van der Waals surface area contributed by atoms with Crippen LogP contribution in [0.25, 0.3) is 0 Å². The van der Waals surface area contributed by atoms with E-state index in [-0.39, 0.29) is 11.4 Å². The number of nitrogens with two attached hydrogens (primary N) is 1.